The van der Waals surface area contributed by atoms with E-state index in [9.17, 15) is 0 Å². The van der Waals surface area contributed by atoms with Gasteiger partial charge in [-0.25, -0.2) is 9.97 Å². The molecule has 102 valence electrons. The monoisotopic (exact) mass is 261 g/mol. The van der Waals surface area contributed by atoms with Gasteiger partial charge < -0.3 is 20.8 Å². The molecule has 0 radical (unpaired) electrons. The van der Waals surface area contributed by atoms with E-state index in [0.717, 1.165) is 36.2 Å². The fourth-order valence-corrected chi connectivity index (χ4v) is 1.66. The number of nitrogens with one attached hydrogen (secondary N) is 2. The van der Waals surface area contributed by atoms with E-state index in [1.54, 1.807) is 6.26 Å². The lowest BCUT2D eigenvalue weighted by molar-refractivity contribution is 0.518. The van der Waals surface area contributed by atoms with Gasteiger partial charge in [-0.1, -0.05) is 0 Å². The number of aryl methyl sites for hydroxylation is 1. The van der Waals surface area contributed by atoms with Crippen molar-refractivity contribution in [1.82, 2.24) is 9.97 Å². The molecular weight excluding hydrogens is 242 g/mol. The normalized spacial score (nSPS) is 10.4. The molecule has 0 aliphatic heterocycles. The molecule has 0 unspecified atom stereocenters. The minimum atomic E-state index is 0.603. The first-order valence-electron chi connectivity index (χ1n) is 6.34. The van der Waals surface area contributed by atoms with Crippen LogP contribution in [0.4, 0.5) is 11.6 Å². The molecule has 0 saturated carbocycles. The number of aromatic nitrogens is 2. The summed E-state index contributed by atoms with van der Waals surface area (Å²) in [5, 5.41) is 6.43. The highest BCUT2D eigenvalue weighted by Gasteiger charge is 2.02. The van der Waals surface area contributed by atoms with Crippen LogP contribution in [0.3, 0.4) is 0 Å². The first kappa shape index (κ1) is 13.4. The number of hydrogen-bond donors (Lipinski definition) is 3. The lowest BCUT2D eigenvalue weighted by atomic mass is 10.4. The molecule has 0 aliphatic rings. The molecule has 4 N–H and O–H groups in total. The highest BCUT2D eigenvalue weighted by molar-refractivity contribution is 5.47. The summed E-state index contributed by atoms with van der Waals surface area (Å²) in [6, 6.07) is 5.66. The minimum absolute atomic E-state index is 0.603. The molecule has 2 heterocycles. The molecule has 0 spiro atoms. The number of rotatable bonds is 7. The van der Waals surface area contributed by atoms with Crippen LogP contribution in [0, 0.1) is 6.92 Å². The second kappa shape index (κ2) is 6.75. The third kappa shape index (κ3) is 4.26. The van der Waals surface area contributed by atoms with E-state index in [2.05, 4.69) is 20.6 Å². The van der Waals surface area contributed by atoms with Crippen LogP contribution >= 0.6 is 0 Å². The third-order valence-electron chi connectivity index (χ3n) is 2.55. The summed E-state index contributed by atoms with van der Waals surface area (Å²) in [5.74, 6) is 3.18. The predicted octanol–water partition coefficient (Wildman–Crippen LogP) is 1.75. The van der Waals surface area contributed by atoms with Gasteiger partial charge in [0.25, 0.3) is 0 Å². The maximum Gasteiger partial charge on any atom is 0.132 e. The Bertz CT molecular complexity index is 498. The van der Waals surface area contributed by atoms with Crippen molar-refractivity contribution in [1.29, 1.82) is 0 Å². The van der Waals surface area contributed by atoms with Crippen molar-refractivity contribution in [3.05, 3.63) is 36.0 Å². The molecule has 2 aromatic rings. The van der Waals surface area contributed by atoms with Gasteiger partial charge in [0.1, 0.15) is 23.2 Å². The fourth-order valence-electron chi connectivity index (χ4n) is 1.66. The molecule has 0 aliphatic carbocycles. The Balaban J connectivity index is 1.95. The Hall–Kier alpha value is -2.08. The van der Waals surface area contributed by atoms with Gasteiger partial charge in [0.05, 0.1) is 12.8 Å². The number of furan rings is 1. The average molecular weight is 261 g/mol. The summed E-state index contributed by atoms with van der Waals surface area (Å²) in [6.45, 7) is 3.95. The smallest absolute Gasteiger partial charge is 0.132 e. The number of anilines is 2. The van der Waals surface area contributed by atoms with Crippen LogP contribution in [0.25, 0.3) is 0 Å². The van der Waals surface area contributed by atoms with Gasteiger partial charge in [-0.2, -0.15) is 0 Å². The summed E-state index contributed by atoms with van der Waals surface area (Å²) in [5.41, 5.74) is 5.46. The number of nitrogens with two attached hydrogens (primary N) is 1. The van der Waals surface area contributed by atoms with Gasteiger partial charge in [0.15, 0.2) is 0 Å². The number of hydrogen-bond acceptors (Lipinski definition) is 6. The predicted molar refractivity (Wildman–Crippen MR) is 75.0 cm³/mol. The first-order chi connectivity index (χ1) is 9.28. The Morgan fingerprint density at radius 1 is 1.26 bits per heavy atom. The van der Waals surface area contributed by atoms with Crippen LogP contribution in [0.5, 0.6) is 0 Å². The zero-order chi connectivity index (χ0) is 13.5. The van der Waals surface area contributed by atoms with Crippen molar-refractivity contribution in [3.63, 3.8) is 0 Å². The molecule has 0 amide bonds. The molecule has 0 atom stereocenters. The van der Waals surface area contributed by atoms with E-state index in [0.29, 0.717) is 13.1 Å². The summed E-state index contributed by atoms with van der Waals surface area (Å²) in [4.78, 5) is 8.66. The largest absolute Gasteiger partial charge is 0.467 e. The van der Waals surface area contributed by atoms with Gasteiger partial charge >= 0.3 is 0 Å². The molecule has 6 nitrogen and oxygen atoms in total. The van der Waals surface area contributed by atoms with Crippen LogP contribution in [-0.2, 0) is 6.54 Å². The summed E-state index contributed by atoms with van der Waals surface area (Å²) >= 11 is 0. The topological polar surface area (TPSA) is 89.0 Å². The molecule has 0 fully saturated rings. The summed E-state index contributed by atoms with van der Waals surface area (Å²) < 4.78 is 5.26. The van der Waals surface area contributed by atoms with Crippen molar-refractivity contribution in [3.8, 4) is 0 Å². The van der Waals surface area contributed by atoms with E-state index in [4.69, 9.17) is 10.2 Å². The molecule has 2 aromatic heterocycles. The quantitative estimate of drug-likeness (QED) is 0.658. The molecule has 0 aromatic carbocycles. The van der Waals surface area contributed by atoms with Crippen LogP contribution in [-0.4, -0.2) is 23.1 Å². The average Bonchev–Trinajstić information content (AvgIpc) is 2.89. The SMILES string of the molecule is Cc1nc(NCCCN)cc(NCc2ccco2)n1. The van der Waals surface area contributed by atoms with Gasteiger partial charge in [-0.15, -0.1) is 0 Å². The molecular formula is C13H19N5O. The zero-order valence-corrected chi connectivity index (χ0v) is 11.0. The Kier molecular flexibility index (Phi) is 4.74. The summed E-state index contributed by atoms with van der Waals surface area (Å²) in [7, 11) is 0. The van der Waals surface area contributed by atoms with Crippen molar-refractivity contribution in [2.75, 3.05) is 23.7 Å². The molecule has 0 saturated heterocycles. The molecule has 0 bridgehead atoms. The fraction of sp³-hybridized carbons (Fsp3) is 0.385. The standard InChI is InChI=1S/C13H19N5O/c1-10-17-12(15-6-3-5-14)8-13(18-10)16-9-11-4-2-7-19-11/h2,4,7-8H,3,5-6,9,14H2,1H3,(H2,15,16,17,18). The van der Waals surface area contributed by atoms with Crippen LogP contribution in [0.1, 0.15) is 18.0 Å². The van der Waals surface area contributed by atoms with E-state index < -0.39 is 0 Å². The Morgan fingerprint density at radius 2 is 2.05 bits per heavy atom. The molecule has 2 rings (SSSR count). The maximum absolute atomic E-state index is 5.46. The Morgan fingerprint density at radius 3 is 2.74 bits per heavy atom. The van der Waals surface area contributed by atoms with E-state index >= 15 is 0 Å². The van der Waals surface area contributed by atoms with Gasteiger partial charge in [-0.3, -0.25) is 0 Å². The van der Waals surface area contributed by atoms with Crippen molar-refractivity contribution >= 4 is 11.6 Å². The van der Waals surface area contributed by atoms with Crippen LogP contribution in [0.15, 0.2) is 28.9 Å². The third-order valence-corrected chi connectivity index (χ3v) is 2.55. The van der Waals surface area contributed by atoms with Crippen LogP contribution < -0.4 is 16.4 Å². The highest BCUT2D eigenvalue weighted by atomic mass is 16.3. The van der Waals surface area contributed by atoms with Crippen molar-refractivity contribution in [2.24, 2.45) is 5.73 Å². The van der Waals surface area contributed by atoms with Gasteiger partial charge in [0.2, 0.25) is 0 Å². The lowest BCUT2D eigenvalue weighted by Crippen LogP contribution is -2.11. The first-order valence-corrected chi connectivity index (χ1v) is 6.34. The van der Waals surface area contributed by atoms with E-state index in [1.807, 2.05) is 25.1 Å². The van der Waals surface area contributed by atoms with Crippen molar-refractivity contribution in [2.45, 2.75) is 19.9 Å². The Labute approximate surface area is 112 Å². The van der Waals surface area contributed by atoms with Crippen LogP contribution in [0.2, 0.25) is 0 Å². The van der Waals surface area contributed by atoms with E-state index in [1.165, 1.54) is 0 Å². The minimum Gasteiger partial charge on any atom is -0.467 e. The molecule has 19 heavy (non-hydrogen) atoms. The number of nitrogens with zero attached hydrogens (tertiary/aromatic N) is 2. The maximum atomic E-state index is 5.46. The zero-order valence-electron chi connectivity index (χ0n) is 11.0. The van der Waals surface area contributed by atoms with Crippen molar-refractivity contribution < 1.29 is 4.42 Å². The lowest BCUT2D eigenvalue weighted by Gasteiger charge is -2.09. The summed E-state index contributed by atoms with van der Waals surface area (Å²) in [6.07, 6.45) is 2.57. The van der Waals surface area contributed by atoms with E-state index in [-0.39, 0.29) is 0 Å². The highest BCUT2D eigenvalue weighted by Crippen LogP contribution is 2.12. The molecule has 6 heteroatoms. The second-order valence-corrected chi connectivity index (χ2v) is 4.19. The van der Waals surface area contributed by atoms with Gasteiger partial charge in [0, 0.05) is 12.6 Å². The van der Waals surface area contributed by atoms with Gasteiger partial charge in [-0.05, 0) is 32.0 Å². The second-order valence-electron chi connectivity index (χ2n) is 4.19.